The molecule has 7 N–H and O–H groups in total. The van der Waals surface area contributed by atoms with Crippen LogP contribution in [0.3, 0.4) is 0 Å². The molecule has 3 fully saturated rings. The normalized spacial score (nSPS) is 21.9. The van der Waals surface area contributed by atoms with E-state index < -0.39 is 194 Å². The predicted molar refractivity (Wildman–Crippen MR) is 422 cm³/mol. The molecule has 3 heterocycles. The van der Waals surface area contributed by atoms with Crippen molar-refractivity contribution in [3.63, 3.8) is 0 Å². The van der Waals surface area contributed by atoms with Crippen LogP contribution in [-0.4, -0.2) is 359 Å². The molecule has 708 valence electrons. The number of hydrogen-bond acceptors (Lipinski definition) is 39. The summed E-state index contributed by atoms with van der Waals surface area (Å²) in [5.41, 5.74) is -0.920. The zero-order valence-corrected chi connectivity index (χ0v) is 72.5. The number of hydrogen-bond donors (Lipinski definition) is 7. The van der Waals surface area contributed by atoms with Crippen LogP contribution < -0.4 is 37.2 Å². The van der Waals surface area contributed by atoms with Crippen molar-refractivity contribution in [1.29, 1.82) is 0 Å². The molecule has 0 saturated carbocycles. The first-order chi connectivity index (χ1) is 59.7. The number of amides is 7. The van der Waals surface area contributed by atoms with E-state index in [-0.39, 0.29) is 197 Å². The van der Waals surface area contributed by atoms with Gasteiger partial charge >= 0.3 is 53.8 Å². The molecule has 3 saturated heterocycles. The van der Waals surface area contributed by atoms with E-state index in [1.807, 2.05) is 0 Å². The van der Waals surface area contributed by atoms with Crippen LogP contribution in [0.2, 0.25) is 0 Å². The van der Waals surface area contributed by atoms with E-state index in [4.69, 9.17) is 114 Å². The maximum atomic E-state index is 13.7. The molecule has 0 spiro atoms. The van der Waals surface area contributed by atoms with Crippen molar-refractivity contribution < 1.29 is 186 Å². The molecule has 125 heavy (non-hydrogen) atoms. The monoisotopic (exact) mass is 1790 g/mol. The molecule has 3 aliphatic rings. The first-order valence-electron chi connectivity index (χ1n) is 40.6. The molecule has 0 aromatic heterocycles. The van der Waals surface area contributed by atoms with Crippen LogP contribution in [0.5, 0.6) is 0 Å². The molecule has 46 nitrogen and oxygen atoms in total. The van der Waals surface area contributed by atoms with Crippen molar-refractivity contribution in [3.05, 3.63) is 35.9 Å². The third-order valence-electron chi connectivity index (χ3n) is 17.3. The lowest BCUT2D eigenvalue weighted by atomic mass is 9.96. The fraction of sp³-hybridized carbons (Fsp3) is 0.734. The molecule has 14 unspecified atom stereocenters. The lowest BCUT2D eigenvalue weighted by Crippen LogP contribution is -2.66. The molecule has 0 radical (unpaired) electrons. The molecule has 4 rings (SSSR count). The molecule has 7 amide bonds. The molecular weight excluding hydrogens is 1670 g/mol. The summed E-state index contributed by atoms with van der Waals surface area (Å²) >= 11 is 0. The van der Waals surface area contributed by atoms with Gasteiger partial charge in [0.05, 0.1) is 145 Å². The van der Waals surface area contributed by atoms with Gasteiger partial charge in [0, 0.05) is 121 Å². The second kappa shape index (κ2) is 61.8. The van der Waals surface area contributed by atoms with Gasteiger partial charge in [-0.05, 0) is 5.56 Å². The van der Waals surface area contributed by atoms with E-state index in [1.54, 1.807) is 30.3 Å². The molecule has 14 atom stereocenters. The number of carbonyl (C=O) groups excluding carboxylic acids is 15. The van der Waals surface area contributed by atoms with Crippen molar-refractivity contribution in [2.24, 2.45) is 0 Å². The van der Waals surface area contributed by atoms with E-state index >= 15 is 0 Å². The van der Waals surface area contributed by atoms with Gasteiger partial charge in [0.15, 0.2) is 43.3 Å². The van der Waals surface area contributed by atoms with Crippen LogP contribution in [0.1, 0.15) is 107 Å². The van der Waals surface area contributed by atoms with Crippen LogP contribution in [0, 0.1) is 0 Å². The average molecular weight is 1790 g/mol. The summed E-state index contributed by atoms with van der Waals surface area (Å²) in [7, 11) is 0. The standard InChI is InChI=1S/C79H123N7O39/c1-49(87)83-68-62(118-55(7)93)41-61(43-114-52(4)90)123-75(68)111-38-35-105-32-29-102-26-20-80-65(98)17-23-108-46-79(86-78(101)117-42-60-15-13-12-14-16-60,47-109-24-18-66(99)81-21-27-103-30-33-106-36-39-112-76-69(84-50(2)88)73(121-58(10)96)71(119-56(8)94)63(124-76)44-115-53(5)91)48-110-25-19-67(100)82-22-28-104-31-34-107-37-40-113-77-70(85-51(3)89)74(122-59(11)97)72(120-57(9)95)64(125-77)45-116-54(6)92/h12-16,61-64,68-77H,17-48H2,1-11H3,(H,80,98)(H,81,99)(H,82,100)(H,83,87)(H,84,88)(H,85,89)(H,86,101). The number of ether oxygens (including phenoxy) is 24. The number of esters is 8. The van der Waals surface area contributed by atoms with Crippen molar-refractivity contribution in [2.75, 3.05) is 178 Å². The molecule has 46 heteroatoms. The highest BCUT2D eigenvalue weighted by Crippen LogP contribution is 2.31. The maximum absolute atomic E-state index is 13.7. The molecular formula is C79H123N7O39. The number of rotatable bonds is 62. The quantitative estimate of drug-likeness (QED) is 0.0207. The fourth-order valence-electron chi connectivity index (χ4n) is 12.2. The topological polar surface area (TPSA) is 562 Å². The SMILES string of the molecule is CC(=O)NC1C(OC(C)=O)CC(COC(C)=O)OC1OCCOCCOCCNC(=O)CCOCC(COCCC(=O)NCCOCCOCCOC1OC(COC(C)=O)C(OC(C)=O)C(OC(C)=O)C1NC(C)=O)(COCCC(=O)NCCOCCOCCOC1OC(COC(C)=O)C(OC(C)=O)C(OC(C)=O)C1NC(C)=O)NC(=O)OCc1ccccc1. The van der Waals surface area contributed by atoms with Gasteiger partial charge in [-0.2, -0.15) is 0 Å². The Morgan fingerprint density at radius 2 is 0.672 bits per heavy atom. The van der Waals surface area contributed by atoms with Crippen molar-refractivity contribution in [1.82, 2.24) is 37.2 Å². The third kappa shape index (κ3) is 47.6. The smallest absolute Gasteiger partial charge is 0.408 e. The number of carbonyl (C=O) groups is 15. The lowest BCUT2D eigenvalue weighted by molar-refractivity contribution is -0.279. The summed E-state index contributed by atoms with van der Waals surface area (Å²) < 4.78 is 136. The van der Waals surface area contributed by atoms with Crippen molar-refractivity contribution in [2.45, 2.75) is 200 Å². The Hall–Kier alpha value is -9.53. The molecule has 3 aliphatic heterocycles. The molecule has 0 bridgehead atoms. The van der Waals surface area contributed by atoms with E-state index in [0.29, 0.717) is 5.56 Å². The maximum Gasteiger partial charge on any atom is 0.408 e. The molecule has 0 aliphatic carbocycles. The Morgan fingerprint density at radius 1 is 0.344 bits per heavy atom. The van der Waals surface area contributed by atoms with E-state index in [9.17, 15) is 71.9 Å². The summed E-state index contributed by atoms with van der Waals surface area (Å²) in [6, 6.07) is 5.57. The number of benzene rings is 1. The van der Waals surface area contributed by atoms with E-state index in [2.05, 4.69) is 37.2 Å². The van der Waals surface area contributed by atoms with Crippen LogP contribution in [-0.2, 0) is 187 Å². The number of nitrogens with one attached hydrogen (secondary N) is 7. The molecule has 1 aromatic carbocycles. The summed E-state index contributed by atoms with van der Waals surface area (Å²) in [6.45, 7) is 11.0. The first-order valence-corrected chi connectivity index (χ1v) is 40.6. The average Bonchev–Trinajstić information content (AvgIpc) is 0.792. The lowest BCUT2D eigenvalue weighted by Gasteiger charge is -2.44. The van der Waals surface area contributed by atoms with Gasteiger partial charge in [0.25, 0.3) is 0 Å². The highest BCUT2D eigenvalue weighted by atomic mass is 16.7. The zero-order valence-electron chi connectivity index (χ0n) is 72.5. The van der Waals surface area contributed by atoms with Gasteiger partial charge in [-0.1, -0.05) is 30.3 Å². The second-order valence-corrected chi connectivity index (χ2v) is 28.2. The first kappa shape index (κ1) is 108. The Labute approximate surface area is 723 Å². The predicted octanol–water partition coefficient (Wildman–Crippen LogP) is -2.20. The summed E-state index contributed by atoms with van der Waals surface area (Å²) in [4.78, 5) is 185. The van der Waals surface area contributed by atoms with Gasteiger partial charge in [-0.25, -0.2) is 4.79 Å². The van der Waals surface area contributed by atoms with E-state index in [1.165, 1.54) is 34.6 Å². The van der Waals surface area contributed by atoms with Gasteiger partial charge in [0.2, 0.25) is 35.4 Å². The Balaban J connectivity index is 1.30. The van der Waals surface area contributed by atoms with Crippen LogP contribution in [0.25, 0.3) is 0 Å². The minimum absolute atomic E-state index is 0.0142. The summed E-state index contributed by atoms with van der Waals surface area (Å²) in [5, 5.41) is 18.9. The largest absolute Gasteiger partial charge is 0.463 e. The Morgan fingerprint density at radius 3 is 1.02 bits per heavy atom. The Bertz CT molecular complexity index is 3340. The van der Waals surface area contributed by atoms with Crippen LogP contribution in [0.15, 0.2) is 30.3 Å². The fourth-order valence-corrected chi connectivity index (χ4v) is 12.2. The van der Waals surface area contributed by atoms with Gasteiger partial charge in [-0.3, -0.25) is 67.1 Å². The Kier molecular flexibility index (Phi) is 53.3. The van der Waals surface area contributed by atoms with Gasteiger partial charge in [-0.15, -0.1) is 0 Å². The molecule has 1 aromatic rings. The van der Waals surface area contributed by atoms with Crippen molar-refractivity contribution >= 4 is 89.3 Å². The highest BCUT2D eigenvalue weighted by Gasteiger charge is 2.53. The highest BCUT2D eigenvalue weighted by molar-refractivity contribution is 5.78. The number of alkyl carbamates (subject to hydrolysis) is 1. The van der Waals surface area contributed by atoms with E-state index in [0.717, 1.165) is 41.5 Å². The van der Waals surface area contributed by atoms with Gasteiger partial charge < -0.3 is 151 Å². The van der Waals surface area contributed by atoms with Crippen LogP contribution >= 0.6 is 0 Å². The minimum Gasteiger partial charge on any atom is -0.463 e. The summed E-state index contributed by atoms with van der Waals surface area (Å²) in [6.07, 6.45) is -14.1. The zero-order chi connectivity index (χ0) is 91.9. The van der Waals surface area contributed by atoms with Crippen molar-refractivity contribution in [3.8, 4) is 0 Å². The van der Waals surface area contributed by atoms with Crippen LogP contribution in [0.4, 0.5) is 4.79 Å². The second-order valence-electron chi connectivity index (χ2n) is 28.2. The summed E-state index contributed by atoms with van der Waals surface area (Å²) in [5.74, 6) is -8.37. The minimum atomic E-state index is -1.58. The van der Waals surface area contributed by atoms with Gasteiger partial charge in [0.1, 0.15) is 68.4 Å². The third-order valence-corrected chi connectivity index (χ3v) is 17.3.